The molecule has 0 saturated carbocycles. The third-order valence-electron chi connectivity index (χ3n) is 4.89. The van der Waals surface area contributed by atoms with Gasteiger partial charge in [-0.25, -0.2) is 9.35 Å². The Morgan fingerprint density at radius 1 is 0.862 bits per heavy atom. The molecule has 0 aliphatic carbocycles. The Morgan fingerprint density at radius 2 is 1.55 bits per heavy atom. The van der Waals surface area contributed by atoms with Gasteiger partial charge < -0.3 is 4.74 Å². The highest BCUT2D eigenvalue weighted by Crippen LogP contribution is 2.44. The minimum atomic E-state index is -4.45. The highest BCUT2D eigenvalue weighted by Gasteiger charge is 2.31. The summed E-state index contributed by atoms with van der Waals surface area (Å²) in [7, 11) is -0.319. The number of ether oxygens (including phenoxy) is 1. The molecular formula is C22H16F3NO2S. The quantitative estimate of drug-likeness (QED) is 0.469. The van der Waals surface area contributed by atoms with Crippen molar-refractivity contribution in [3.05, 3.63) is 72.3 Å². The van der Waals surface area contributed by atoms with Gasteiger partial charge in [0.1, 0.15) is 16.7 Å². The van der Waals surface area contributed by atoms with Crippen molar-refractivity contribution in [1.29, 1.82) is 0 Å². The van der Waals surface area contributed by atoms with E-state index in [1.807, 2.05) is 30.3 Å². The number of alkyl halides is 3. The van der Waals surface area contributed by atoms with Crippen molar-refractivity contribution < 1.29 is 22.1 Å². The zero-order valence-electron chi connectivity index (χ0n) is 15.3. The van der Waals surface area contributed by atoms with Crippen LogP contribution in [0.5, 0.6) is 5.75 Å². The van der Waals surface area contributed by atoms with Crippen molar-refractivity contribution >= 4 is 32.5 Å². The van der Waals surface area contributed by atoms with Crippen molar-refractivity contribution in [1.82, 2.24) is 0 Å². The van der Waals surface area contributed by atoms with Crippen LogP contribution < -0.4 is 9.88 Å². The van der Waals surface area contributed by atoms with Gasteiger partial charge in [0.25, 0.3) is 0 Å². The lowest BCUT2D eigenvalue weighted by Gasteiger charge is -2.18. The van der Waals surface area contributed by atoms with Crippen molar-refractivity contribution in [2.75, 3.05) is 7.11 Å². The van der Waals surface area contributed by atoms with Crippen molar-refractivity contribution in [3.8, 4) is 16.9 Å². The fourth-order valence-corrected chi connectivity index (χ4v) is 4.21. The topological polar surface area (TPSA) is 52.3 Å². The van der Waals surface area contributed by atoms with Crippen molar-refractivity contribution in [3.63, 3.8) is 0 Å². The fraction of sp³-hybridized carbons (Fsp3) is 0.0909. The third kappa shape index (κ3) is 3.36. The fourth-order valence-electron chi connectivity index (χ4n) is 3.59. The summed E-state index contributed by atoms with van der Waals surface area (Å²) in [5.41, 5.74) is 0.414. The molecule has 148 valence electrons. The molecule has 0 fully saturated rings. The lowest BCUT2D eigenvalue weighted by Crippen LogP contribution is -2.06. The number of fused-ring (bicyclic) bond motifs is 2. The van der Waals surface area contributed by atoms with E-state index < -0.39 is 22.7 Å². The molecule has 1 unspecified atom stereocenters. The standard InChI is InChI=1S/C22H16F3NO2S/c1-28-18-10-6-14-12-15(22(23,24)25)8-9-17(14)20(18)21-16-5-3-2-4-13(16)7-11-19(21)29(26)27/h2-12H,26H2,1H3. The van der Waals surface area contributed by atoms with Crippen LogP contribution in [0.1, 0.15) is 5.56 Å². The van der Waals surface area contributed by atoms with Gasteiger partial charge in [-0.2, -0.15) is 13.2 Å². The van der Waals surface area contributed by atoms with Gasteiger partial charge in [0.15, 0.2) is 0 Å². The van der Waals surface area contributed by atoms with Gasteiger partial charge in [0.2, 0.25) is 0 Å². The van der Waals surface area contributed by atoms with Gasteiger partial charge in [-0.3, -0.25) is 0 Å². The lowest BCUT2D eigenvalue weighted by atomic mass is 9.92. The van der Waals surface area contributed by atoms with E-state index in [-0.39, 0.29) is 0 Å². The molecule has 3 nitrogen and oxygen atoms in total. The SMILES string of the molecule is COc1ccc2cc(C(F)(F)F)ccc2c1-c1c(S(N)=O)ccc2ccccc12. The van der Waals surface area contributed by atoms with Crippen LogP contribution >= 0.6 is 0 Å². The Kier molecular flexibility index (Phi) is 4.80. The third-order valence-corrected chi connectivity index (χ3v) is 5.66. The maximum Gasteiger partial charge on any atom is 0.416 e. The summed E-state index contributed by atoms with van der Waals surface area (Å²) in [6.45, 7) is 0. The summed E-state index contributed by atoms with van der Waals surface area (Å²) in [4.78, 5) is 0.384. The molecule has 0 heterocycles. The number of methoxy groups -OCH3 is 1. The number of hydrogen-bond donors (Lipinski definition) is 1. The van der Waals surface area contributed by atoms with Crippen LogP contribution in [0.15, 0.2) is 71.6 Å². The van der Waals surface area contributed by atoms with E-state index in [9.17, 15) is 17.4 Å². The first-order valence-electron chi connectivity index (χ1n) is 8.67. The van der Waals surface area contributed by atoms with E-state index in [0.29, 0.717) is 32.5 Å². The average Bonchev–Trinajstić information content (AvgIpc) is 2.70. The summed E-state index contributed by atoms with van der Waals surface area (Å²) >= 11 is 0. The summed E-state index contributed by atoms with van der Waals surface area (Å²) in [6.07, 6.45) is -4.45. The first-order chi connectivity index (χ1) is 13.8. The first kappa shape index (κ1) is 19.4. The van der Waals surface area contributed by atoms with E-state index in [4.69, 9.17) is 9.88 Å². The summed E-state index contributed by atoms with van der Waals surface area (Å²) in [5.74, 6) is 0.459. The Morgan fingerprint density at radius 3 is 2.24 bits per heavy atom. The maximum atomic E-state index is 13.2. The van der Waals surface area contributed by atoms with Crippen LogP contribution in [0.2, 0.25) is 0 Å². The second-order valence-electron chi connectivity index (χ2n) is 6.53. The van der Waals surface area contributed by atoms with E-state index in [1.54, 1.807) is 18.2 Å². The summed E-state index contributed by atoms with van der Waals surface area (Å²) in [6, 6.07) is 17.7. The Hall–Kier alpha value is -2.90. The summed E-state index contributed by atoms with van der Waals surface area (Å²) in [5, 5.41) is 8.38. The van der Waals surface area contributed by atoms with Gasteiger partial charge in [-0.15, -0.1) is 0 Å². The molecule has 4 rings (SSSR count). The number of rotatable bonds is 3. The number of hydrogen-bond acceptors (Lipinski definition) is 2. The molecule has 0 spiro atoms. The molecule has 29 heavy (non-hydrogen) atoms. The Balaban J connectivity index is 2.16. The highest BCUT2D eigenvalue weighted by atomic mass is 32.2. The molecule has 1 atom stereocenters. The zero-order valence-corrected chi connectivity index (χ0v) is 16.1. The normalized spacial score (nSPS) is 13.0. The van der Waals surface area contributed by atoms with Crippen LogP contribution in [0.25, 0.3) is 32.7 Å². The molecule has 0 bridgehead atoms. The van der Waals surface area contributed by atoms with Gasteiger partial charge >= 0.3 is 6.18 Å². The Bertz CT molecular complexity index is 1270. The second-order valence-corrected chi connectivity index (χ2v) is 7.57. The van der Waals surface area contributed by atoms with Crippen LogP contribution in [-0.2, 0) is 17.2 Å². The second kappa shape index (κ2) is 7.17. The van der Waals surface area contributed by atoms with Crippen LogP contribution in [0, 0.1) is 0 Å². The molecule has 0 aromatic heterocycles. The number of nitrogens with two attached hydrogens (primary N) is 1. The van der Waals surface area contributed by atoms with Crippen molar-refractivity contribution in [2.45, 2.75) is 11.1 Å². The van der Waals surface area contributed by atoms with Crippen LogP contribution in [-0.4, -0.2) is 11.3 Å². The zero-order chi connectivity index (χ0) is 20.8. The van der Waals surface area contributed by atoms with E-state index >= 15 is 0 Å². The molecule has 2 N–H and O–H groups in total. The molecule has 0 aliphatic heterocycles. The van der Waals surface area contributed by atoms with E-state index in [1.165, 1.54) is 13.2 Å². The van der Waals surface area contributed by atoms with Crippen LogP contribution in [0.4, 0.5) is 13.2 Å². The van der Waals surface area contributed by atoms with Gasteiger partial charge in [0, 0.05) is 11.1 Å². The predicted octanol–water partition coefficient (Wildman–Crippen LogP) is 5.67. The monoisotopic (exact) mass is 415 g/mol. The molecule has 0 aliphatic rings. The van der Waals surface area contributed by atoms with Crippen LogP contribution in [0.3, 0.4) is 0 Å². The smallest absolute Gasteiger partial charge is 0.416 e. The number of halogens is 3. The maximum absolute atomic E-state index is 13.2. The van der Waals surface area contributed by atoms with E-state index in [2.05, 4.69) is 0 Å². The number of benzene rings is 4. The predicted molar refractivity (Wildman–Crippen MR) is 109 cm³/mol. The Labute approximate surface area is 167 Å². The first-order valence-corrected chi connectivity index (χ1v) is 9.89. The van der Waals surface area contributed by atoms with Gasteiger partial charge in [-0.05, 0) is 45.8 Å². The minimum absolute atomic E-state index is 0.384. The van der Waals surface area contributed by atoms with Gasteiger partial charge in [-0.1, -0.05) is 42.5 Å². The van der Waals surface area contributed by atoms with Gasteiger partial charge in [0.05, 0.1) is 17.6 Å². The molecule has 0 amide bonds. The molecule has 7 heteroatoms. The summed E-state index contributed by atoms with van der Waals surface area (Å²) < 4.78 is 57.4. The molecule has 4 aromatic carbocycles. The van der Waals surface area contributed by atoms with E-state index in [0.717, 1.165) is 22.9 Å². The minimum Gasteiger partial charge on any atom is -0.496 e. The molecule has 4 aromatic rings. The molecule has 0 radical (unpaired) electrons. The lowest BCUT2D eigenvalue weighted by molar-refractivity contribution is -0.137. The van der Waals surface area contributed by atoms with Crippen molar-refractivity contribution in [2.24, 2.45) is 5.14 Å². The molecule has 0 saturated heterocycles. The highest BCUT2D eigenvalue weighted by molar-refractivity contribution is 7.82. The average molecular weight is 415 g/mol. The molecular weight excluding hydrogens is 399 g/mol. The largest absolute Gasteiger partial charge is 0.496 e.